The molecule has 0 unspecified atom stereocenters. The maximum absolute atomic E-state index is 14.3. The van der Waals surface area contributed by atoms with Crippen molar-refractivity contribution in [2.75, 3.05) is 14.2 Å². The maximum atomic E-state index is 14.3. The molecule has 0 spiro atoms. The summed E-state index contributed by atoms with van der Waals surface area (Å²) in [7, 11) is 2.96. The Morgan fingerprint density at radius 1 is 1.10 bits per heavy atom. The number of aromatic carboxylic acids is 1. The fourth-order valence-electron chi connectivity index (χ4n) is 1.93. The maximum Gasteiger partial charge on any atom is 0.338 e. The summed E-state index contributed by atoms with van der Waals surface area (Å²) in [5.41, 5.74) is 0.209. The molecule has 0 saturated carbocycles. The molecule has 2 rings (SSSR count). The summed E-state index contributed by atoms with van der Waals surface area (Å²) in [5.74, 6) is -1.15. The van der Waals surface area contributed by atoms with Gasteiger partial charge in [-0.2, -0.15) is 0 Å². The third-order valence-electron chi connectivity index (χ3n) is 2.93. The van der Waals surface area contributed by atoms with Crippen LogP contribution in [0.4, 0.5) is 4.39 Å². The molecule has 0 aliphatic rings. The molecule has 1 N–H and O–H groups in total. The van der Waals surface area contributed by atoms with Gasteiger partial charge >= 0.3 is 5.97 Å². The van der Waals surface area contributed by atoms with Crippen LogP contribution in [0, 0.1) is 5.82 Å². The van der Waals surface area contributed by atoms with Crippen LogP contribution < -0.4 is 9.47 Å². The predicted molar refractivity (Wildman–Crippen MR) is 71.9 cm³/mol. The summed E-state index contributed by atoms with van der Waals surface area (Å²) in [4.78, 5) is 11.0. The highest BCUT2D eigenvalue weighted by Gasteiger charge is 2.17. The number of hydrogen-bond acceptors (Lipinski definition) is 3. The molecular weight excluding hydrogens is 263 g/mol. The summed E-state index contributed by atoms with van der Waals surface area (Å²) >= 11 is 0. The lowest BCUT2D eigenvalue weighted by atomic mass is 10.0. The lowest BCUT2D eigenvalue weighted by Gasteiger charge is -2.12. The Kier molecular flexibility index (Phi) is 3.89. The highest BCUT2D eigenvalue weighted by molar-refractivity contribution is 5.90. The van der Waals surface area contributed by atoms with Gasteiger partial charge in [-0.1, -0.05) is 12.1 Å². The quantitative estimate of drug-likeness (QED) is 0.931. The molecule has 0 aromatic heterocycles. The minimum absolute atomic E-state index is 0.153. The molecular formula is C15H13FO4. The normalized spacial score (nSPS) is 10.2. The van der Waals surface area contributed by atoms with E-state index < -0.39 is 11.8 Å². The Labute approximate surface area is 115 Å². The average molecular weight is 276 g/mol. The van der Waals surface area contributed by atoms with Gasteiger partial charge in [-0.05, 0) is 24.3 Å². The van der Waals surface area contributed by atoms with E-state index in [2.05, 4.69) is 0 Å². The first kappa shape index (κ1) is 13.9. The number of carboxylic acids is 1. The van der Waals surface area contributed by atoms with Gasteiger partial charge in [0.2, 0.25) is 0 Å². The Balaban J connectivity index is 2.67. The minimum atomic E-state index is -1.31. The zero-order valence-electron chi connectivity index (χ0n) is 11.0. The number of halogens is 1. The Morgan fingerprint density at radius 2 is 1.85 bits per heavy atom. The van der Waals surface area contributed by atoms with Crippen LogP contribution in [-0.2, 0) is 0 Å². The molecule has 2 aromatic rings. The molecule has 0 radical (unpaired) electrons. The fraction of sp³-hybridized carbons (Fsp3) is 0.133. The molecule has 0 atom stereocenters. The fourth-order valence-corrected chi connectivity index (χ4v) is 1.93. The number of methoxy groups -OCH3 is 2. The van der Waals surface area contributed by atoms with Crippen LogP contribution in [-0.4, -0.2) is 25.3 Å². The van der Waals surface area contributed by atoms with Gasteiger partial charge in [0.15, 0.2) is 0 Å². The summed E-state index contributed by atoms with van der Waals surface area (Å²) in [6.45, 7) is 0. The molecule has 0 saturated heterocycles. The standard InChI is InChI=1S/C15H13FO4/c1-19-9-6-7-13(20-2)12(8-9)10-4-3-5-11(14(10)16)15(17)18/h3-8H,1-2H3,(H,17,18). The van der Waals surface area contributed by atoms with Crippen LogP contribution in [0.5, 0.6) is 11.5 Å². The minimum Gasteiger partial charge on any atom is -0.497 e. The third-order valence-corrected chi connectivity index (χ3v) is 2.93. The van der Waals surface area contributed by atoms with Gasteiger partial charge in [0.25, 0.3) is 0 Å². The topological polar surface area (TPSA) is 55.8 Å². The summed E-state index contributed by atoms with van der Waals surface area (Å²) in [6, 6.07) is 9.12. The number of ether oxygens (including phenoxy) is 2. The number of carbonyl (C=O) groups is 1. The van der Waals surface area contributed by atoms with Gasteiger partial charge in [-0.25, -0.2) is 9.18 Å². The van der Waals surface area contributed by atoms with Crippen LogP contribution in [0.2, 0.25) is 0 Å². The molecule has 0 fully saturated rings. The van der Waals surface area contributed by atoms with Gasteiger partial charge in [0.05, 0.1) is 19.8 Å². The van der Waals surface area contributed by atoms with E-state index >= 15 is 0 Å². The molecule has 0 amide bonds. The van der Waals surface area contributed by atoms with Crippen LogP contribution in [0.3, 0.4) is 0 Å². The van der Waals surface area contributed by atoms with Crippen molar-refractivity contribution in [3.05, 3.63) is 47.8 Å². The van der Waals surface area contributed by atoms with E-state index in [9.17, 15) is 9.18 Å². The second kappa shape index (κ2) is 5.61. The van der Waals surface area contributed by atoms with E-state index in [1.807, 2.05) is 0 Å². The van der Waals surface area contributed by atoms with Crippen molar-refractivity contribution in [2.24, 2.45) is 0 Å². The average Bonchev–Trinajstić information content (AvgIpc) is 2.46. The zero-order valence-corrected chi connectivity index (χ0v) is 11.0. The molecule has 0 bridgehead atoms. The molecule has 20 heavy (non-hydrogen) atoms. The smallest absolute Gasteiger partial charge is 0.338 e. The van der Waals surface area contributed by atoms with E-state index in [1.165, 1.54) is 32.4 Å². The van der Waals surface area contributed by atoms with E-state index in [1.54, 1.807) is 18.2 Å². The van der Waals surface area contributed by atoms with Crippen molar-refractivity contribution in [3.63, 3.8) is 0 Å². The number of rotatable bonds is 4. The van der Waals surface area contributed by atoms with Crippen molar-refractivity contribution < 1.29 is 23.8 Å². The summed E-state index contributed by atoms with van der Waals surface area (Å²) in [5, 5.41) is 8.97. The molecule has 0 heterocycles. The summed E-state index contributed by atoms with van der Waals surface area (Å²) in [6.07, 6.45) is 0. The highest BCUT2D eigenvalue weighted by atomic mass is 19.1. The van der Waals surface area contributed by atoms with Gasteiger partial charge < -0.3 is 14.6 Å². The molecule has 104 valence electrons. The first-order valence-electron chi connectivity index (χ1n) is 5.82. The Hall–Kier alpha value is -2.56. The van der Waals surface area contributed by atoms with Crippen LogP contribution in [0.1, 0.15) is 10.4 Å². The molecule has 0 aliphatic carbocycles. The Bertz CT molecular complexity index is 652. The van der Waals surface area contributed by atoms with Gasteiger partial charge in [-0.15, -0.1) is 0 Å². The number of benzene rings is 2. The SMILES string of the molecule is COc1ccc(OC)c(-c2cccc(C(=O)O)c2F)c1. The van der Waals surface area contributed by atoms with E-state index in [0.29, 0.717) is 17.1 Å². The highest BCUT2D eigenvalue weighted by Crippen LogP contribution is 2.35. The molecule has 4 nitrogen and oxygen atoms in total. The Morgan fingerprint density at radius 3 is 2.45 bits per heavy atom. The predicted octanol–water partition coefficient (Wildman–Crippen LogP) is 3.21. The van der Waals surface area contributed by atoms with Crippen LogP contribution in [0.15, 0.2) is 36.4 Å². The zero-order chi connectivity index (χ0) is 14.7. The van der Waals surface area contributed by atoms with Crippen molar-refractivity contribution in [1.82, 2.24) is 0 Å². The van der Waals surface area contributed by atoms with E-state index in [-0.39, 0.29) is 11.1 Å². The summed E-state index contributed by atoms with van der Waals surface area (Å²) < 4.78 is 24.6. The second-order valence-corrected chi connectivity index (χ2v) is 4.04. The first-order chi connectivity index (χ1) is 9.58. The van der Waals surface area contributed by atoms with Crippen molar-refractivity contribution in [3.8, 4) is 22.6 Å². The largest absolute Gasteiger partial charge is 0.497 e. The van der Waals surface area contributed by atoms with Gasteiger partial charge in [0.1, 0.15) is 17.3 Å². The first-order valence-corrected chi connectivity index (χ1v) is 5.82. The molecule has 2 aromatic carbocycles. The third kappa shape index (κ3) is 2.42. The van der Waals surface area contributed by atoms with Gasteiger partial charge in [0, 0.05) is 11.1 Å². The lowest BCUT2D eigenvalue weighted by Crippen LogP contribution is -2.02. The molecule has 5 heteroatoms. The monoisotopic (exact) mass is 276 g/mol. The number of hydrogen-bond donors (Lipinski definition) is 1. The van der Waals surface area contributed by atoms with E-state index in [0.717, 1.165) is 0 Å². The van der Waals surface area contributed by atoms with Gasteiger partial charge in [-0.3, -0.25) is 0 Å². The van der Waals surface area contributed by atoms with Crippen molar-refractivity contribution >= 4 is 5.97 Å². The van der Waals surface area contributed by atoms with Crippen LogP contribution in [0.25, 0.3) is 11.1 Å². The van der Waals surface area contributed by atoms with Crippen LogP contribution >= 0.6 is 0 Å². The van der Waals surface area contributed by atoms with E-state index in [4.69, 9.17) is 14.6 Å². The number of carboxylic acid groups (broad SMARTS) is 1. The lowest BCUT2D eigenvalue weighted by molar-refractivity contribution is 0.0692. The second-order valence-electron chi connectivity index (χ2n) is 4.04. The van der Waals surface area contributed by atoms with Crippen molar-refractivity contribution in [1.29, 1.82) is 0 Å². The molecule has 0 aliphatic heterocycles. The van der Waals surface area contributed by atoms with Crippen molar-refractivity contribution in [2.45, 2.75) is 0 Å².